The summed E-state index contributed by atoms with van der Waals surface area (Å²) >= 11 is 3.40. The molecule has 4 heteroatoms. The van der Waals surface area contributed by atoms with Gasteiger partial charge in [-0.1, -0.05) is 28.1 Å². The molecule has 0 spiro atoms. The summed E-state index contributed by atoms with van der Waals surface area (Å²) in [6, 6.07) is 11.2. The zero-order valence-corrected chi connectivity index (χ0v) is 13.9. The van der Waals surface area contributed by atoms with Crippen molar-refractivity contribution in [2.45, 2.75) is 20.3 Å². The van der Waals surface area contributed by atoms with E-state index in [0.29, 0.717) is 23.0 Å². The van der Waals surface area contributed by atoms with Crippen molar-refractivity contribution in [2.75, 3.05) is 0 Å². The van der Waals surface area contributed by atoms with Crippen LogP contribution in [0.4, 0.5) is 0 Å². The van der Waals surface area contributed by atoms with Crippen LogP contribution in [-0.2, 0) is 6.42 Å². The van der Waals surface area contributed by atoms with Crippen molar-refractivity contribution in [3.8, 4) is 5.75 Å². The summed E-state index contributed by atoms with van der Waals surface area (Å²) < 4.78 is 6.40. The van der Waals surface area contributed by atoms with Gasteiger partial charge in [-0.05, 0) is 54.8 Å². The minimum atomic E-state index is -0.349. The number of hydrogen-bond acceptors (Lipinski definition) is 3. The van der Waals surface area contributed by atoms with E-state index in [-0.39, 0.29) is 11.4 Å². The summed E-state index contributed by atoms with van der Waals surface area (Å²) in [7, 11) is 0. The van der Waals surface area contributed by atoms with E-state index in [4.69, 9.17) is 4.42 Å². The number of aryl methyl sites for hydroxylation is 2. The standard InChI is InChI=1S/C18H15BrO3/c1-10-7-15(20)17-11(2)14(18(21)22-16(17)8-10)9-12-3-5-13(19)6-4-12/h3-8,20H,9H2,1-2H3. The molecule has 1 aromatic heterocycles. The molecule has 3 nitrogen and oxygen atoms in total. The van der Waals surface area contributed by atoms with Gasteiger partial charge in [0.25, 0.3) is 0 Å². The second-order valence-corrected chi connectivity index (χ2v) is 6.37. The van der Waals surface area contributed by atoms with Gasteiger partial charge in [-0.3, -0.25) is 0 Å². The minimum Gasteiger partial charge on any atom is -0.507 e. The van der Waals surface area contributed by atoms with Crippen LogP contribution in [0, 0.1) is 13.8 Å². The molecule has 0 saturated carbocycles. The molecule has 0 radical (unpaired) electrons. The van der Waals surface area contributed by atoms with Gasteiger partial charge < -0.3 is 9.52 Å². The van der Waals surface area contributed by atoms with E-state index in [1.807, 2.05) is 38.1 Å². The van der Waals surface area contributed by atoms with Gasteiger partial charge in [0.1, 0.15) is 11.3 Å². The fourth-order valence-electron chi connectivity index (χ4n) is 2.67. The first-order valence-corrected chi connectivity index (χ1v) is 7.75. The van der Waals surface area contributed by atoms with Crippen molar-refractivity contribution in [1.82, 2.24) is 0 Å². The lowest BCUT2D eigenvalue weighted by Crippen LogP contribution is -2.11. The maximum absolute atomic E-state index is 12.3. The minimum absolute atomic E-state index is 0.147. The Balaban J connectivity index is 2.18. The summed E-state index contributed by atoms with van der Waals surface area (Å²) in [6.07, 6.45) is 0.477. The van der Waals surface area contributed by atoms with Crippen LogP contribution in [0.2, 0.25) is 0 Å². The Hall–Kier alpha value is -2.07. The molecule has 0 fully saturated rings. The lowest BCUT2D eigenvalue weighted by molar-refractivity contribution is 0.477. The summed E-state index contributed by atoms with van der Waals surface area (Å²) in [4.78, 5) is 12.3. The van der Waals surface area contributed by atoms with E-state index in [1.165, 1.54) is 0 Å². The van der Waals surface area contributed by atoms with E-state index >= 15 is 0 Å². The topological polar surface area (TPSA) is 50.4 Å². The summed E-state index contributed by atoms with van der Waals surface area (Å²) in [5.41, 5.74) is 3.30. The Morgan fingerprint density at radius 2 is 1.82 bits per heavy atom. The highest BCUT2D eigenvalue weighted by atomic mass is 79.9. The van der Waals surface area contributed by atoms with Gasteiger partial charge in [0, 0.05) is 16.5 Å². The first kappa shape index (κ1) is 14.9. The molecule has 3 aromatic rings. The predicted octanol–water partition coefficient (Wildman–Crippen LogP) is 4.47. The van der Waals surface area contributed by atoms with Crippen molar-refractivity contribution in [2.24, 2.45) is 0 Å². The van der Waals surface area contributed by atoms with Gasteiger partial charge in [0.05, 0.1) is 5.39 Å². The van der Waals surface area contributed by atoms with Crippen molar-refractivity contribution < 1.29 is 9.52 Å². The number of halogens is 1. The zero-order valence-electron chi connectivity index (χ0n) is 12.3. The molecule has 0 unspecified atom stereocenters. The van der Waals surface area contributed by atoms with Crippen LogP contribution in [0.15, 0.2) is 50.1 Å². The third-order valence-corrected chi connectivity index (χ3v) is 4.33. The van der Waals surface area contributed by atoms with E-state index in [0.717, 1.165) is 21.2 Å². The molecule has 22 heavy (non-hydrogen) atoms. The molecule has 1 heterocycles. The van der Waals surface area contributed by atoms with Crippen LogP contribution in [0.25, 0.3) is 11.0 Å². The van der Waals surface area contributed by atoms with Crippen LogP contribution >= 0.6 is 15.9 Å². The van der Waals surface area contributed by atoms with Gasteiger partial charge in [-0.15, -0.1) is 0 Å². The normalized spacial score (nSPS) is 11.0. The van der Waals surface area contributed by atoms with Crippen molar-refractivity contribution >= 4 is 26.9 Å². The van der Waals surface area contributed by atoms with E-state index in [9.17, 15) is 9.90 Å². The van der Waals surface area contributed by atoms with Gasteiger partial charge >= 0.3 is 5.63 Å². The third kappa shape index (κ3) is 2.66. The quantitative estimate of drug-likeness (QED) is 0.687. The lowest BCUT2D eigenvalue weighted by atomic mass is 9.98. The summed E-state index contributed by atoms with van der Waals surface area (Å²) in [5.74, 6) is 0.147. The van der Waals surface area contributed by atoms with Crippen LogP contribution in [-0.4, -0.2) is 5.11 Å². The number of rotatable bonds is 2. The Labute approximate surface area is 136 Å². The molecule has 0 saturated heterocycles. The molecule has 0 amide bonds. The molecule has 0 aliphatic heterocycles. The van der Waals surface area contributed by atoms with Crippen molar-refractivity contribution in [1.29, 1.82) is 0 Å². The molecule has 2 aromatic carbocycles. The van der Waals surface area contributed by atoms with E-state index in [1.54, 1.807) is 12.1 Å². The maximum atomic E-state index is 12.3. The van der Waals surface area contributed by atoms with Gasteiger partial charge in [0.2, 0.25) is 0 Å². The monoisotopic (exact) mass is 358 g/mol. The molecular weight excluding hydrogens is 344 g/mol. The lowest BCUT2D eigenvalue weighted by Gasteiger charge is -2.10. The average molecular weight is 359 g/mol. The highest BCUT2D eigenvalue weighted by Crippen LogP contribution is 2.30. The number of aromatic hydroxyl groups is 1. The van der Waals surface area contributed by atoms with Crippen LogP contribution in [0.3, 0.4) is 0 Å². The highest BCUT2D eigenvalue weighted by Gasteiger charge is 2.15. The van der Waals surface area contributed by atoms with E-state index in [2.05, 4.69) is 15.9 Å². The first-order valence-electron chi connectivity index (χ1n) is 6.96. The second-order valence-electron chi connectivity index (χ2n) is 5.45. The highest BCUT2D eigenvalue weighted by molar-refractivity contribution is 9.10. The van der Waals surface area contributed by atoms with Crippen molar-refractivity contribution in [3.63, 3.8) is 0 Å². The Kier molecular flexibility index (Phi) is 3.79. The SMILES string of the molecule is Cc1cc(O)c2c(C)c(Cc3ccc(Br)cc3)c(=O)oc2c1. The fourth-order valence-corrected chi connectivity index (χ4v) is 2.93. The molecular formula is C18H15BrO3. The second kappa shape index (κ2) is 5.61. The molecule has 112 valence electrons. The largest absolute Gasteiger partial charge is 0.507 e. The molecule has 1 N–H and O–H groups in total. The Bertz CT molecular complexity index is 908. The number of phenolic OH excluding ortho intramolecular Hbond substituents is 1. The molecule has 0 atom stereocenters. The summed E-state index contributed by atoms with van der Waals surface area (Å²) in [5, 5.41) is 10.8. The summed E-state index contributed by atoms with van der Waals surface area (Å²) in [6.45, 7) is 3.70. The number of fused-ring (bicyclic) bond motifs is 1. The van der Waals surface area contributed by atoms with Crippen LogP contribution in [0.5, 0.6) is 5.75 Å². The van der Waals surface area contributed by atoms with Gasteiger partial charge in [-0.25, -0.2) is 4.79 Å². The first-order chi connectivity index (χ1) is 10.5. The van der Waals surface area contributed by atoms with Crippen molar-refractivity contribution in [3.05, 3.63) is 73.5 Å². The zero-order chi connectivity index (χ0) is 15.9. The molecule has 3 rings (SSSR count). The van der Waals surface area contributed by atoms with E-state index < -0.39 is 0 Å². The van der Waals surface area contributed by atoms with Crippen LogP contribution < -0.4 is 5.63 Å². The fraction of sp³-hybridized carbons (Fsp3) is 0.167. The smallest absolute Gasteiger partial charge is 0.340 e. The number of benzene rings is 2. The average Bonchev–Trinajstić information content (AvgIpc) is 2.44. The Morgan fingerprint density at radius 3 is 2.50 bits per heavy atom. The number of hydrogen-bond donors (Lipinski definition) is 1. The molecule has 0 bridgehead atoms. The molecule has 0 aliphatic carbocycles. The maximum Gasteiger partial charge on any atom is 0.340 e. The van der Waals surface area contributed by atoms with Crippen LogP contribution in [0.1, 0.15) is 22.3 Å². The Morgan fingerprint density at radius 1 is 1.14 bits per heavy atom. The van der Waals surface area contributed by atoms with Gasteiger partial charge in [0.15, 0.2) is 0 Å². The predicted molar refractivity (Wildman–Crippen MR) is 90.6 cm³/mol. The number of phenols is 1. The molecule has 0 aliphatic rings. The van der Waals surface area contributed by atoms with Gasteiger partial charge in [-0.2, -0.15) is 0 Å². The third-order valence-electron chi connectivity index (χ3n) is 3.80.